The number of aliphatic imine (C=N–C) groups is 1. The summed E-state index contributed by atoms with van der Waals surface area (Å²) in [6.45, 7) is 6.29. The summed E-state index contributed by atoms with van der Waals surface area (Å²) in [5.41, 5.74) is 10.6. The zero-order valence-electron chi connectivity index (χ0n) is 8.68. The molecule has 1 aromatic carbocycles. The Balaban J connectivity index is 3.34. The molecule has 2 nitrogen and oxygen atoms in total. The number of hydrogen-bond donors (Lipinski definition) is 1. The summed E-state index contributed by atoms with van der Waals surface area (Å²) >= 11 is 0. The molecule has 0 atom stereocenters. The monoisotopic (exact) mass is 176 g/mol. The number of nitrogens with two attached hydrogens (primary N) is 1. The summed E-state index contributed by atoms with van der Waals surface area (Å²) in [5, 5.41) is 0. The lowest BCUT2D eigenvalue weighted by atomic mass is 9.98. The average molecular weight is 176 g/mol. The van der Waals surface area contributed by atoms with Crippen molar-refractivity contribution in [3.05, 3.63) is 34.4 Å². The van der Waals surface area contributed by atoms with Gasteiger partial charge in [0.15, 0.2) is 0 Å². The van der Waals surface area contributed by atoms with Crippen molar-refractivity contribution in [2.24, 2.45) is 10.7 Å². The van der Waals surface area contributed by atoms with Crippen LogP contribution in [0.3, 0.4) is 0 Å². The Hall–Kier alpha value is -1.31. The van der Waals surface area contributed by atoms with E-state index in [2.05, 4.69) is 31.8 Å². The summed E-state index contributed by atoms with van der Waals surface area (Å²) in [7, 11) is 1.71. The van der Waals surface area contributed by atoms with Gasteiger partial charge in [-0.05, 0) is 37.5 Å². The van der Waals surface area contributed by atoms with Crippen molar-refractivity contribution >= 4 is 5.84 Å². The highest BCUT2D eigenvalue weighted by atomic mass is 14.8. The predicted octanol–water partition coefficient (Wildman–Crippen LogP) is 1.95. The third kappa shape index (κ3) is 1.72. The van der Waals surface area contributed by atoms with Crippen molar-refractivity contribution in [1.29, 1.82) is 0 Å². The van der Waals surface area contributed by atoms with Gasteiger partial charge in [0.1, 0.15) is 5.84 Å². The van der Waals surface area contributed by atoms with E-state index in [0.29, 0.717) is 5.84 Å². The van der Waals surface area contributed by atoms with Gasteiger partial charge in [0, 0.05) is 12.6 Å². The summed E-state index contributed by atoms with van der Waals surface area (Å²) in [4.78, 5) is 3.98. The van der Waals surface area contributed by atoms with Crippen LogP contribution >= 0.6 is 0 Å². The SMILES string of the molecule is CN=C(N)c1ccc(C)c(C)c1C. The van der Waals surface area contributed by atoms with Gasteiger partial charge in [-0.1, -0.05) is 12.1 Å². The molecule has 0 unspecified atom stereocenters. The fourth-order valence-corrected chi connectivity index (χ4v) is 1.35. The highest BCUT2D eigenvalue weighted by Crippen LogP contribution is 2.16. The normalized spacial score (nSPS) is 11.8. The molecule has 13 heavy (non-hydrogen) atoms. The van der Waals surface area contributed by atoms with Gasteiger partial charge >= 0.3 is 0 Å². The van der Waals surface area contributed by atoms with Gasteiger partial charge in [-0.2, -0.15) is 0 Å². The van der Waals surface area contributed by atoms with E-state index in [4.69, 9.17) is 5.73 Å². The van der Waals surface area contributed by atoms with Crippen LogP contribution in [0.2, 0.25) is 0 Å². The van der Waals surface area contributed by atoms with E-state index < -0.39 is 0 Å². The number of benzene rings is 1. The molecular formula is C11H16N2. The molecule has 0 aliphatic heterocycles. The molecule has 70 valence electrons. The molecule has 0 radical (unpaired) electrons. The quantitative estimate of drug-likeness (QED) is 0.515. The molecule has 0 saturated heterocycles. The maximum atomic E-state index is 5.76. The van der Waals surface area contributed by atoms with Crippen molar-refractivity contribution in [3.63, 3.8) is 0 Å². The van der Waals surface area contributed by atoms with E-state index in [1.165, 1.54) is 16.7 Å². The van der Waals surface area contributed by atoms with E-state index in [1.807, 2.05) is 6.07 Å². The minimum Gasteiger partial charge on any atom is -0.384 e. The zero-order chi connectivity index (χ0) is 10.0. The third-order valence-corrected chi connectivity index (χ3v) is 2.57. The van der Waals surface area contributed by atoms with Crippen LogP contribution in [0.5, 0.6) is 0 Å². The first-order valence-corrected chi connectivity index (χ1v) is 4.37. The number of hydrogen-bond acceptors (Lipinski definition) is 1. The van der Waals surface area contributed by atoms with Crippen LogP contribution in [-0.4, -0.2) is 12.9 Å². The summed E-state index contributed by atoms with van der Waals surface area (Å²) in [6.07, 6.45) is 0. The van der Waals surface area contributed by atoms with Gasteiger partial charge in [-0.25, -0.2) is 0 Å². The maximum Gasteiger partial charge on any atom is 0.125 e. The molecule has 1 rings (SSSR count). The van der Waals surface area contributed by atoms with Crippen LogP contribution < -0.4 is 5.73 Å². The molecule has 0 bridgehead atoms. The first kappa shape index (κ1) is 9.78. The minimum atomic E-state index is 0.612. The maximum absolute atomic E-state index is 5.76. The Bertz CT molecular complexity index is 351. The number of nitrogens with zero attached hydrogens (tertiary/aromatic N) is 1. The number of rotatable bonds is 1. The molecule has 0 aliphatic rings. The van der Waals surface area contributed by atoms with E-state index >= 15 is 0 Å². The number of aryl methyl sites for hydroxylation is 1. The van der Waals surface area contributed by atoms with Crippen molar-refractivity contribution in [3.8, 4) is 0 Å². The van der Waals surface area contributed by atoms with Crippen LogP contribution in [0.25, 0.3) is 0 Å². The molecule has 0 saturated carbocycles. The Morgan fingerprint density at radius 2 is 1.77 bits per heavy atom. The van der Waals surface area contributed by atoms with Crippen LogP contribution in [0.4, 0.5) is 0 Å². The third-order valence-electron chi connectivity index (χ3n) is 2.57. The van der Waals surface area contributed by atoms with Gasteiger partial charge < -0.3 is 5.73 Å². The molecule has 0 amide bonds. The topological polar surface area (TPSA) is 38.4 Å². The second kappa shape index (κ2) is 3.60. The lowest BCUT2D eigenvalue weighted by Gasteiger charge is -2.09. The molecule has 0 spiro atoms. The van der Waals surface area contributed by atoms with Gasteiger partial charge in [-0.15, -0.1) is 0 Å². The van der Waals surface area contributed by atoms with E-state index in [9.17, 15) is 0 Å². The van der Waals surface area contributed by atoms with E-state index in [1.54, 1.807) is 7.05 Å². The van der Waals surface area contributed by atoms with Crippen molar-refractivity contribution < 1.29 is 0 Å². The van der Waals surface area contributed by atoms with Crippen LogP contribution in [0.15, 0.2) is 17.1 Å². The highest BCUT2D eigenvalue weighted by molar-refractivity contribution is 5.99. The van der Waals surface area contributed by atoms with Crippen LogP contribution in [0.1, 0.15) is 22.3 Å². The standard InChI is InChI=1S/C11H16N2/c1-7-5-6-10(11(12)13-4)9(3)8(7)2/h5-6H,1-4H3,(H2,12,13). The zero-order valence-corrected chi connectivity index (χ0v) is 8.68. The molecule has 0 aliphatic carbocycles. The molecule has 0 fully saturated rings. The fourth-order valence-electron chi connectivity index (χ4n) is 1.35. The molecule has 2 N–H and O–H groups in total. The molecule has 1 aromatic rings. The minimum absolute atomic E-state index is 0.612. The van der Waals surface area contributed by atoms with E-state index in [-0.39, 0.29) is 0 Å². The first-order valence-electron chi connectivity index (χ1n) is 4.37. The lowest BCUT2D eigenvalue weighted by Crippen LogP contribution is -2.15. The Morgan fingerprint density at radius 3 is 2.31 bits per heavy atom. The average Bonchev–Trinajstić information content (AvgIpc) is 2.13. The second-order valence-electron chi connectivity index (χ2n) is 3.29. The van der Waals surface area contributed by atoms with Gasteiger partial charge in [0.25, 0.3) is 0 Å². The van der Waals surface area contributed by atoms with Crippen LogP contribution in [0, 0.1) is 20.8 Å². The molecule has 0 heterocycles. The summed E-state index contributed by atoms with van der Waals surface area (Å²) < 4.78 is 0. The predicted molar refractivity (Wildman–Crippen MR) is 57.3 cm³/mol. The number of amidine groups is 1. The van der Waals surface area contributed by atoms with E-state index in [0.717, 1.165) is 5.56 Å². The first-order chi connectivity index (χ1) is 6.07. The fraction of sp³-hybridized carbons (Fsp3) is 0.364. The van der Waals surface area contributed by atoms with Gasteiger partial charge in [0.05, 0.1) is 0 Å². The van der Waals surface area contributed by atoms with Crippen molar-refractivity contribution in [1.82, 2.24) is 0 Å². The summed E-state index contributed by atoms with van der Waals surface area (Å²) in [6, 6.07) is 4.11. The lowest BCUT2D eigenvalue weighted by molar-refractivity contribution is 1.24. The van der Waals surface area contributed by atoms with Crippen LogP contribution in [-0.2, 0) is 0 Å². The van der Waals surface area contributed by atoms with Crippen molar-refractivity contribution in [2.45, 2.75) is 20.8 Å². The Morgan fingerprint density at radius 1 is 1.15 bits per heavy atom. The Labute approximate surface area is 79.5 Å². The Kier molecular flexibility index (Phi) is 2.71. The second-order valence-corrected chi connectivity index (χ2v) is 3.29. The van der Waals surface area contributed by atoms with Crippen molar-refractivity contribution in [2.75, 3.05) is 7.05 Å². The molecule has 2 heteroatoms. The van der Waals surface area contributed by atoms with Gasteiger partial charge in [0.2, 0.25) is 0 Å². The summed E-state index contributed by atoms with van der Waals surface area (Å²) in [5.74, 6) is 0.612. The molecule has 0 aromatic heterocycles. The highest BCUT2D eigenvalue weighted by Gasteiger charge is 2.05. The van der Waals surface area contributed by atoms with Gasteiger partial charge in [-0.3, -0.25) is 4.99 Å². The smallest absolute Gasteiger partial charge is 0.125 e. The largest absolute Gasteiger partial charge is 0.384 e. The molecular weight excluding hydrogens is 160 g/mol.